The molecule has 0 bridgehead atoms. The molecule has 1 aromatic carbocycles. The molecule has 0 unspecified atom stereocenters. The minimum absolute atomic E-state index is 0.179. The highest BCUT2D eigenvalue weighted by Gasteiger charge is 2.42. The van der Waals surface area contributed by atoms with E-state index in [0.29, 0.717) is 35.7 Å². The van der Waals surface area contributed by atoms with Crippen LogP contribution in [0.2, 0.25) is 0 Å². The molecule has 194 valence electrons. The fourth-order valence-corrected chi connectivity index (χ4v) is 3.55. The van der Waals surface area contributed by atoms with Gasteiger partial charge in [-0.3, -0.25) is 4.79 Å². The van der Waals surface area contributed by atoms with Gasteiger partial charge in [-0.15, -0.1) is 0 Å². The van der Waals surface area contributed by atoms with E-state index in [1.165, 1.54) is 4.90 Å². The Labute approximate surface area is 210 Å². The van der Waals surface area contributed by atoms with Gasteiger partial charge in [0.2, 0.25) is 5.60 Å². The van der Waals surface area contributed by atoms with Crippen LogP contribution in [0.25, 0.3) is 22.3 Å². The number of aromatic nitrogens is 3. The topological polar surface area (TPSA) is 143 Å². The maximum Gasteiger partial charge on any atom is 0.490 e. The quantitative estimate of drug-likeness (QED) is 0.442. The summed E-state index contributed by atoms with van der Waals surface area (Å²) >= 11 is 0. The summed E-state index contributed by atoms with van der Waals surface area (Å²) in [7, 11) is 1.66. The van der Waals surface area contributed by atoms with Gasteiger partial charge in [0, 0.05) is 42.7 Å². The molecule has 0 spiro atoms. The molecule has 9 nitrogen and oxygen atoms in total. The van der Waals surface area contributed by atoms with Crippen molar-refractivity contribution in [1.82, 2.24) is 19.9 Å². The summed E-state index contributed by atoms with van der Waals surface area (Å²) in [5, 5.41) is 18.5. The number of likely N-dealkylation sites (N-methyl/N-ethyl adjacent to an activating group) is 1. The summed E-state index contributed by atoms with van der Waals surface area (Å²) in [5.41, 5.74) is 7.40. The molecule has 1 fully saturated rings. The zero-order valence-corrected chi connectivity index (χ0v) is 20.2. The van der Waals surface area contributed by atoms with Crippen LogP contribution in [0.4, 0.5) is 19.0 Å². The van der Waals surface area contributed by atoms with Gasteiger partial charge in [0.25, 0.3) is 5.91 Å². The number of aliphatic carboxylic acids is 1. The Morgan fingerprint density at radius 2 is 1.92 bits per heavy atom. The van der Waals surface area contributed by atoms with Crippen molar-refractivity contribution >= 4 is 28.6 Å². The molecule has 0 aliphatic carbocycles. The number of halogens is 3. The zero-order valence-electron chi connectivity index (χ0n) is 20.2. The van der Waals surface area contributed by atoms with Crippen molar-refractivity contribution in [2.24, 2.45) is 0 Å². The van der Waals surface area contributed by atoms with Gasteiger partial charge in [-0.2, -0.15) is 13.2 Å². The number of pyridine rings is 1. The van der Waals surface area contributed by atoms with Crippen LogP contribution >= 0.6 is 0 Å². The van der Waals surface area contributed by atoms with Gasteiger partial charge in [-0.05, 0) is 24.1 Å². The highest BCUT2D eigenvalue weighted by molar-refractivity contribution is 5.91. The van der Waals surface area contributed by atoms with E-state index in [4.69, 9.17) is 20.6 Å². The number of carbonyl (C=O) groups excluding carboxylic acids is 1. The van der Waals surface area contributed by atoms with Crippen molar-refractivity contribution in [3.8, 4) is 23.2 Å². The molecule has 0 radical (unpaired) electrons. The fraction of sp³-hybridized carbons (Fsp3) is 0.320. The Kier molecular flexibility index (Phi) is 7.69. The highest BCUT2D eigenvalue weighted by Crippen LogP contribution is 2.28. The van der Waals surface area contributed by atoms with Crippen molar-refractivity contribution in [3.63, 3.8) is 0 Å². The van der Waals surface area contributed by atoms with Gasteiger partial charge in [-0.25, -0.2) is 19.7 Å². The predicted octanol–water partition coefficient (Wildman–Crippen LogP) is 2.98. The Bertz CT molecular complexity index is 1410. The van der Waals surface area contributed by atoms with E-state index in [2.05, 4.69) is 35.7 Å². The molecule has 1 atom stereocenters. The van der Waals surface area contributed by atoms with Crippen LogP contribution < -0.4 is 5.73 Å². The maximum atomic E-state index is 12.1. The number of hydrogen-bond donors (Lipinski definition) is 3. The second-order valence-electron chi connectivity index (χ2n) is 8.65. The number of alkyl halides is 3. The molecule has 12 heteroatoms. The summed E-state index contributed by atoms with van der Waals surface area (Å²) in [4.78, 5) is 36.1. The van der Waals surface area contributed by atoms with Crippen LogP contribution in [-0.2, 0) is 9.59 Å². The minimum atomic E-state index is -5.08. The second-order valence-corrected chi connectivity index (χ2v) is 8.65. The number of nitrogens with two attached hydrogens (primary N) is 1. The molecule has 1 amide bonds. The third-order valence-electron chi connectivity index (χ3n) is 5.51. The standard InChI is InChI=1S/C23H23N5O2.C2HF3O2/c1-14(2)18-17-8-11-25-20(24)19(17)27-21(26-18)16-6-4-5-15(13-16)7-9-23(30)10-12-28(3)22(23)29;3-2(4,5)1(6)7/h4-6,8,11,13-14,30H,10,12H2,1-3H3,(H2,24,25);(H,6,7)/t23-;/m0./s1. The first kappa shape index (κ1) is 27.3. The number of aliphatic hydroxyl groups is 1. The van der Waals surface area contributed by atoms with E-state index >= 15 is 0 Å². The van der Waals surface area contributed by atoms with Gasteiger partial charge in [0.05, 0.1) is 5.69 Å². The van der Waals surface area contributed by atoms with Crippen LogP contribution in [0.5, 0.6) is 0 Å². The summed E-state index contributed by atoms with van der Waals surface area (Å²) in [6, 6.07) is 9.29. The summed E-state index contributed by atoms with van der Waals surface area (Å²) in [5.74, 6) is 3.63. The third-order valence-corrected chi connectivity index (χ3v) is 5.51. The van der Waals surface area contributed by atoms with Crippen molar-refractivity contribution in [3.05, 3.63) is 47.8 Å². The lowest BCUT2D eigenvalue weighted by Gasteiger charge is -2.13. The van der Waals surface area contributed by atoms with E-state index in [-0.39, 0.29) is 11.8 Å². The highest BCUT2D eigenvalue weighted by atomic mass is 19.4. The molecule has 1 aliphatic rings. The van der Waals surface area contributed by atoms with Gasteiger partial charge in [0.1, 0.15) is 11.3 Å². The number of rotatable bonds is 2. The van der Waals surface area contributed by atoms with Crippen molar-refractivity contribution in [2.45, 2.75) is 38.0 Å². The molecular weight excluding hydrogens is 491 g/mol. The van der Waals surface area contributed by atoms with E-state index in [0.717, 1.165) is 16.6 Å². The van der Waals surface area contributed by atoms with Crippen molar-refractivity contribution in [1.29, 1.82) is 0 Å². The van der Waals surface area contributed by atoms with E-state index in [1.807, 2.05) is 30.3 Å². The minimum Gasteiger partial charge on any atom is -0.475 e. The second kappa shape index (κ2) is 10.4. The maximum absolute atomic E-state index is 12.1. The first-order valence-corrected chi connectivity index (χ1v) is 11.1. The summed E-state index contributed by atoms with van der Waals surface area (Å²) < 4.78 is 31.7. The Morgan fingerprint density at radius 3 is 2.49 bits per heavy atom. The molecule has 3 heterocycles. The number of carbonyl (C=O) groups is 2. The smallest absolute Gasteiger partial charge is 0.475 e. The Morgan fingerprint density at radius 1 is 1.24 bits per heavy atom. The van der Waals surface area contributed by atoms with E-state index < -0.39 is 17.7 Å². The van der Waals surface area contributed by atoms with Crippen LogP contribution in [0, 0.1) is 11.8 Å². The van der Waals surface area contributed by atoms with Gasteiger partial charge < -0.3 is 20.8 Å². The van der Waals surface area contributed by atoms with E-state index in [1.54, 1.807) is 13.2 Å². The first-order valence-electron chi connectivity index (χ1n) is 11.1. The number of carboxylic acid groups (broad SMARTS) is 1. The lowest BCUT2D eigenvalue weighted by molar-refractivity contribution is -0.192. The van der Waals surface area contributed by atoms with Crippen LogP contribution in [0.15, 0.2) is 36.5 Å². The molecule has 4 N–H and O–H groups in total. The predicted molar refractivity (Wildman–Crippen MR) is 129 cm³/mol. The number of anilines is 1. The molecule has 4 rings (SSSR count). The largest absolute Gasteiger partial charge is 0.490 e. The number of nitrogens with zero attached hydrogens (tertiary/aromatic N) is 4. The Balaban J connectivity index is 0.000000479. The SMILES string of the molecule is CC(C)c1nc(-c2cccc(C#C[C@]3(O)CCN(C)C3=O)c2)nc2c(N)nccc12.O=C(O)C(F)(F)F. The number of fused-ring (bicyclic) bond motifs is 1. The van der Waals surface area contributed by atoms with Crippen molar-refractivity contribution in [2.75, 3.05) is 19.3 Å². The number of carboxylic acids is 1. The molecule has 37 heavy (non-hydrogen) atoms. The van der Waals surface area contributed by atoms with Gasteiger partial charge >= 0.3 is 12.1 Å². The molecule has 1 aliphatic heterocycles. The first-order chi connectivity index (χ1) is 17.2. The Hall–Kier alpha value is -4.24. The number of hydrogen-bond acceptors (Lipinski definition) is 7. The number of likely N-dealkylation sites (tertiary alicyclic amines) is 1. The third kappa shape index (κ3) is 6.13. The molecular formula is C25H24F3N5O4. The summed E-state index contributed by atoms with van der Waals surface area (Å²) in [6.45, 7) is 4.63. The van der Waals surface area contributed by atoms with Crippen LogP contribution in [0.1, 0.15) is 37.4 Å². The lowest BCUT2D eigenvalue weighted by Crippen LogP contribution is -2.37. The zero-order chi connectivity index (χ0) is 27.5. The average molecular weight is 515 g/mol. The molecule has 0 saturated carbocycles. The summed E-state index contributed by atoms with van der Waals surface area (Å²) in [6.07, 6.45) is -3.12. The van der Waals surface area contributed by atoms with Crippen LogP contribution in [-0.4, -0.2) is 67.3 Å². The van der Waals surface area contributed by atoms with Crippen molar-refractivity contribution < 1.29 is 33.0 Å². The normalized spacial score (nSPS) is 17.3. The lowest BCUT2D eigenvalue weighted by atomic mass is 10.0. The monoisotopic (exact) mass is 515 g/mol. The molecule has 2 aromatic heterocycles. The van der Waals surface area contributed by atoms with E-state index in [9.17, 15) is 23.1 Å². The number of amides is 1. The van der Waals surface area contributed by atoms with Gasteiger partial charge in [-0.1, -0.05) is 37.8 Å². The fourth-order valence-electron chi connectivity index (χ4n) is 3.55. The number of benzene rings is 1. The van der Waals surface area contributed by atoms with Crippen LogP contribution in [0.3, 0.4) is 0 Å². The van der Waals surface area contributed by atoms with Gasteiger partial charge in [0.15, 0.2) is 5.82 Å². The number of nitrogen functional groups attached to an aromatic ring is 1. The molecule has 3 aromatic rings. The molecule has 1 saturated heterocycles. The average Bonchev–Trinajstić information content (AvgIpc) is 3.10.